The summed E-state index contributed by atoms with van der Waals surface area (Å²) in [5.41, 5.74) is 2.29. The molecule has 2 heterocycles. The van der Waals surface area contributed by atoms with Crippen molar-refractivity contribution in [1.29, 1.82) is 0 Å². The molecule has 0 unspecified atom stereocenters. The summed E-state index contributed by atoms with van der Waals surface area (Å²) < 4.78 is 4.83. The minimum Gasteiger partial charge on any atom is -0.465 e. The Bertz CT molecular complexity index is 902. The minimum atomic E-state index is -0.401. The summed E-state index contributed by atoms with van der Waals surface area (Å²) in [5.74, 6) is 0.804. The van der Waals surface area contributed by atoms with E-state index in [0.29, 0.717) is 23.0 Å². The van der Waals surface area contributed by atoms with Crippen molar-refractivity contribution in [3.05, 3.63) is 72.2 Å². The van der Waals surface area contributed by atoms with Crippen LogP contribution in [0.15, 0.2) is 61.1 Å². The van der Waals surface area contributed by atoms with Gasteiger partial charge in [0, 0.05) is 32.2 Å². The van der Waals surface area contributed by atoms with Gasteiger partial charge in [-0.05, 0) is 42.3 Å². The summed E-state index contributed by atoms with van der Waals surface area (Å²) in [6.07, 6.45) is 6.13. The molecule has 0 spiro atoms. The quantitative estimate of drug-likeness (QED) is 0.646. The number of likely N-dealkylation sites (N-methyl/N-ethyl adjacent to an activating group) is 1. The van der Waals surface area contributed by atoms with Crippen molar-refractivity contribution in [2.75, 3.05) is 30.9 Å². The van der Waals surface area contributed by atoms with E-state index in [-0.39, 0.29) is 0 Å². The largest absolute Gasteiger partial charge is 0.465 e. The van der Waals surface area contributed by atoms with Crippen LogP contribution < -0.4 is 10.2 Å². The van der Waals surface area contributed by atoms with Crippen molar-refractivity contribution >= 4 is 23.4 Å². The topological polar surface area (TPSA) is 80.2 Å². The number of para-hydroxylation sites is 1. The molecule has 0 aliphatic rings. The third-order valence-electron chi connectivity index (χ3n) is 4.06. The van der Waals surface area contributed by atoms with E-state index in [0.717, 1.165) is 13.0 Å². The number of anilines is 3. The third-order valence-corrected chi connectivity index (χ3v) is 4.06. The first-order valence-electron chi connectivity index (χ1n) is 8.55. The van der Waals surface area contributed by atoms with E-state index in [4.69, 9.17) is 4.74 Å². The Kier molecular flexibility index (Phi) is 5.94. The molecule has 1 N–H and O–H groups in total. The van der Waals surface area contributed by atoms with Gasteiger partial charge in [-0.25, -0.2) is 9.78 Å². The summed E-state index contributed by atoms with van der Waals surface area (Å²) in [4.78, 5) is 26.8. The number of pyridine rings is 1. The van der Waals surface area contributed by atoms with Crippen molar-refractivity contribution in [3.8, 4) is 0 Å². The highest BCUT2D eigenvalue weighted by atomic mass is 16.5. The Morgan fingerprint density at radius 3 is 2.67 bits per heavy atom. The van der Waals surface area contributed by atoms with E-state index >= 15 is 0 Å². The second-order valence-corrected chi connectivity index (χ2v) is 5.93. The molecule has 1 aromatic carbocycles. The first kappa shape index (κ1) is 18.3. The average Bonchev–Trinajstić information content (AvgIpc) is 2.73. The number of nitrogens with zero attached hydrogens (tertiary/aromatic N) is 4. The molecule has 7 heteroatoms. The van der Waals surface area contributed by atoms with Crippen molar-refractivity contribution in [1.82, 2.24) is 15.0 Å². The van der Waals surface area contributed by atoms with Crippen LogP contribution in [-0.4, -0.2) is 41.6 Å². The van der Waals surface area contributed by atoms with E-state index in [9.17, 15) is 4.79 Å². The lowest BCUT2D eigenvalue weighted by Gasteiger charge is -2.18. The third kappa shape index (κ3) is 4.78. The number of methoxy groups -OCH3 is 1. The van der Waals surface area contributed by atoms with Gasteiger partial charge < -0.3 is 15.0 Å². The van der Waals surface area contributed by atoms with Crippen molar-refractivity contribution in [3.63, 3.8) is 0 Å². The maximum atomic E-state index is 11.9. The molecule has 7 nitrogen and oxygen atoms in total. The first-order chi connectivity index (χ1) is 13.2. The molecule has 0 fully saturated rings. The molecule has 3 rings (SSSR count). The molecular formula is C20H21N5O2. The second-order valence-electron chi connectivity index (χ2n) is 5.93. The monoisotopic (exact) mass is 363 g/mol. The van der Waals surface area contributed by atoms with Crippen LogP contribution in [0.1, 0.15) is 15.9 Å². The summed E-state index contributed by atoms with van der Waals surface area (Å²) in [7, 11) is 3.31. The van der Waals surface area contributed by atoms with E-state index < -0.39 is 5.97 Å². The van der Waals surface area contributed by atoms with E-state index in [1.807, 2.05) is 30.1 Å². The van der Waals surface area contributed by atoms with Crippen LogP contribution in [0.25, 0.3) is 0 Å². The first-order valence-corrected chi connectivity index (χ1v) is 8.55. The maximum Gasteiger partial charge on any atom is 0.339 e. The van der Waals surface area contributed by atoms with Gasteiger partial charge in [0.05, 0.1) is 18.4 Å². The average molecular weight is 363 g/mol. The highest BCUT2D eigenvalue weighted by Gasteiger charge is 2.12. The number of carbonyl (C=O) groups is 1. The van der Waals surface area contributed by atoms with Gasteiger partial charge in [0.2, 0.25) is 5.95 Å². The maximum absolute atomic E-state index is 11.9. The molecule has 0 amide bonds. The number of hydrogen-bond donors (Lipinski definition) is 1. The summed E-state index contributed by atoms with van der Waals surface area (Å²) in [6, 6.07) is 12.9. The fourth-order valence-corrected chi connectivity index (χ4v) is 2.57. The Morgan fingerprint density at radius 1 is 1.11 bits per heavy atom. The molecule has 0 atom stereocenters. The molecule has 0 bridgehead atoms. The molecule has 2 aromatic heterocycles. The lowest BCUT2D eigenvalue weighted by Crippen LogP contribution is -2.22. The van der Waals surface area contributed by atoms with Crippen molar-refractivity contribution in [2.45, 2.75) is 6.42 Å². The lowest BCUT2D eigenvalue weighted by molar-refractivity contribution is 0.0602. The molecule has 3 aromatic rings. The van der Waals surface area contributed by atoms with Gasteiger partial charge in [-0.1, -0.05) is 12.1 Å². The zero-order chi connectivity index (χ0) is 19.1. The number of nitrogens with one attached hydrogen (secondary N) is 1. The summed E-state index contributed by atoms with van der Waals surface area (Å²) >= 11 is 0. The number of benzene rings is 1. The standard InChI is InChI=1S/C20H21N5O2/c1-25(14-10-15-7-11-21-12-8-15)20-22-13-9-18(24-20)23-17-6-4-3-5-16(17)19(26)27-2/h3-9,11-13H,10,14H2,1-2H3,(H,22,23,24). The van der Waals surface area contributed by atoms with Crippen LogP contribution in [0.4, 0.5) is 17.5 Å². The fraction of sp³-hybridized carbons (Fsp3) is 0.200. The van der Waals surface area contributed by atoms with Gasteiger partial charge in [-0.3, -0.25) is 4.98 Å². The molecule has 0 saturated carbocycles. The molecular weight excluding hydrogens is 342 g/mol. The smallest absolute Gasteiger partial charge is 0.339 e. The van der Waals surface area contributed by atoms with Gasteiger partial charge in [0.25, 0.3) is 0 Å². The van der Waals surface area contributed by atoms with Crippen molar-refractivity contribution in [2.24, 2.45) is 0 Å². The van der Waals surface area contributed by atoms with E-state index in [1.165, 1.54) is 12.7 Å². The highest BCUT2D eigenvalue weighted by molar-refractivity contribution is 5.96. The van der Waals surface area contributed by atoms with E-state index in [1.54, 1.807) is 42.9 Å². The molecule has 0 radical (unpaired) electrons. The molecule has 0 aliphatic heterocycles. The van der Waals surface area contributed by atoms with Crippen LogP contribution in [0, 0.1) is 0 Å². The van der Waals surface area contributed by atoms with Crippen LogP contribution in [0.2, 0.25) is 0 Å². The van der Waals surface area contributed by atoms with Crippen LogP contribution >= 0.6 is 0 Å². The van der Waals surface area contributed by atoms with Gasteiger partial charge in [-0.2, -0.15) is 4.98 Å². The highest BCUT2D eigenvalue weighted by Crippen LogP contribution is 2.21. The molecule has 0 saturated heterocycles. The Balaban J connectivity index is 1.71. The Labute approximate surface area is 158 Å². The summed E-state index contributed by atoms with van der Waals surface area (Å²) in [5, 5.41) is 3.17. The van der Waals surface area contributed by atoms with Crippen molar-refractivity contribution < 1.29 is 9.53 Å². The molecule has 0 aliphatic carbocycles. The minimum absolute atomic E-state index is 0.401. The predicted molar refractivity (Wildman–Crippen MR) is 104 cm³/mol. The van der Waals surface area contributed by atoms with Gasteiger partial charge in [-0.15, -0.1) is 0 Å². The number of carbonyl (C=O) groups excluding carboxylic acids is 1. The van der Waals surface area contributed by atoms with Crippen LogP contribution in [0.3, 0.4) is 0 Å². The fourth-order valence-electron chi connectivity index (χ4n) is 2.57. The Morgan fingerprint density at radius 2 is 1.89 bits per heavy atom. The molecule has 27 heavy (non-hydrogen) atoms. The molecule has 138 valence electrons. The SMILES string of the molecule is COC(=O)c1ccccc1Nc1ccnc(N(C)CCc2ccncc2)n1. The van der Waals surface area contributed by atoms with E-state index in [2.05, 4.69) is 20.3 Å². The Hall–Kier alpha value is -3.48. The lowest BCUT2D eigenvalue weighted by atomic mass is 10.2. The predicted octanol–water partition coefficient (Wildman–Crippen LogP) is 3.08. The second kappa shape index (κ2) is 8.75. The summed E-state index contributed by atoms with van der Waals surface area (Å²) in [6.45, 7) is 0.770. The van der Waals surface area contributed by atoms with Crippen LogP contribution in [-0.2, 0) is 11.2 Å². The zero-order valence-corrected chi connectivity index (χ0v) is 15.3. The number of hydrogen-bond acceptors (Lipinski definition) is 7. The number of ether oxygens (including phenoxy) is 1. The van der Waals surface area contributed by atoms with Gasteiger partial charge in [0.15, 0.2) is 0 Å². The normalized spacial score (nSPS) is 10.3. The zero-order valence-electron chi connectivity index (χ0n) is 15.3. The van der Waals surface area contributed by atoms with Gasteiger partial charge >= 0.3 is 5.97 Å². The number of esters is 1. The van der Waals surface area contributed by atoms with Gasteiger partial charge in [0.1, 0.15) is 5.82 Å². The number of rotatable bonds is 7. The van der Waals surface area contributed by atoms with Crippen LogP contribution in [0.5, 0.6) is 0 Å². The number of aromatic nitrogens is 3.